The largest absolute Gasteiger partial charge is 0.426 e. The SMILES string of the molecule is CC(O)N1CCN2OC(=O)C(O)C(O)C(=O)OC1(c1cccs1)C2=O. The number of carbonyl (C=O) groups is 3. The van der Waals surface area contributed by atoms with E-state index in [2.05, 4.69) is 0 Å². The van der Waals surface area contributed by atoms with Crippen LogP contribution < -0.4 is 0 Å². The summed E-state index contributed by atoms with van der Waals surface area (Å²) < 4.78 is 5.30. The van der Waals surface area contributed by atoms with Gasteiger partial charge in [0.25, 0.3) is 5.72 Å². The van der Waals surface area contributed by atoms with Crippen molar-refractivity contribution in [2.24, 2.45) is 0 Å². The molecule has 0 aromatic carbocycles. The summed E-state index contributed by atoms with van der Waals surface area (Å²) in [6.07, 6.45) is -5.65. The molecule has 2 fully saturated rings. The zero-order chi connectivity index (χ0) is 18.4. The molecule has 3 heterocycles. The normalized spacial score (nSPS) is 32.3. The predicted molar refractivity (Wildman–Crippen MR) is 80.3 cm³/mol. The summed E-state index contributed by atoms with van der Waals surface area (Å²) in [6.45, 7) is 1.27. The van der Waals surface area contributed by atoms with Crippen LogP contribution in [0.1, 0.15) is 11.8 Å². The van der Waals surface area contributed by atoms with Crippen molar-refractivity contribution < 1.29 is 39.3 Å². The van der Waals surface area contributed by atoms with Crippen molar-refractivity contribution in [3.63, 3.8) is 0 Å². The minimum absolute atomic E-state index is 0.00799. The fourth-order valence-electron chi connectivity index (χ4n) is 2.78. The highest BCUT2D eigenvalue weighted by Gasteiger charge is 2.59. The minimum Gasteiger partial charge on any atom is -0.426 e. The lowest BCUT2D eigenvalue weighted by Gasteiger charge is -2.47. The van der Waals surface area contributed by atoms with Crippen molar-refractivity contribution in [1.29, 1.82) is 0 Å². The second-order valence-corrected chi connectivity index (χ2v) is 6.52. The summed E-state index contributed by atoms with van der Waals surface area (Å²) >= 11 is 1.08. The summed E-state index contributed by atoms with van der Waals surface area (Å²) in [4.78, 5) is 43.4. The molecule has 4 atom stereocenters. The van der Waals surface area contributed by atoms with Crippen LogP contribution in [0.3, 0.4) is 0 Å². The highest BCUT2D eigenvalue weighted by atomic mass is 32.1. The lowest BCUT2D eigenvalue weighted by atomic mass is 10.0. The number of fused-ring (bicyclic) bond motifs is 2. The fourth-order valence-corrected chi connectivity index (χ4v) is 3.65. The molecule has 3 N–H and O–H groups in total. The number of hydrogen-bond donors (Lipinski definition) is 3. The molecule has 25 heavy (non-hydrogen) atoms. The highest BCUT2D eigenvalue weighted by Crippen LogP contribution is 2.40. The van der Waals surface area contributed by atoms with E-state index in [1.54, 1.807) is 11.4 Å². The maximum atomic E-state index is 13.0. The van der Waals surface area contributed by atoms with Crippen molar-refractivity contribution in [1.82, 2.24) is 9.96 Å². The van der Waals surface area contributed by atoms with Gasteiger partial charge < -0.3 is 24.9 Å². The molecule has 1 amide bonds. The zero-order valence-electron chi connectivity index (χ0n) is 13.1. The Labute approximate surface area is 145 Å². The van der Waals surface area contributed by atoms with Gasteiger partial charge in [0.1, 0.15) is 6.23 Å². The third kappa shape index (κ3) is 2.69. The maximum absolute atomic E-state index is 13.0. The molecule has 2 saturated heterocycles. The van der Waals surface area contributed by atoms with Crippen molar-refractivity contribution >= 4 is 29.2 Å². The van der Waals surface area contributed by atoms with Gasteiger partial charge in [0, 0.05) is 6.54 Å². The number of aliphatic hydroxyl groups excluding tert-OH is 3. The molecule has 4 unspecified atom stereocenters. The Balaban J connectivity index is 2.18. The number of esters is 1. The van der Waals surface area contributed by atoms with Gasteiger partial charge in [0.15, 0.2) is 12.2 Å². The Hall–Kier alpha value is -2.05. The van der Waals surface area contributed by atoms with E-state index in [0.29, 0.717) is 5.06 Å². The molecule has 1 aromatic rings. The summed E-state index contributed by atoms with van der Waals surface area (Å²) in [5, 5.41) is 32.0. The maximum Gasteiger partial charge on any atom is 0.364 e. The van der Waals surface area contributed by atoms with Gasteiger partial charge in [-0.1, -0.05) is 6.07 Å². The van der Waals surface area contributed by atoms with Crippen molar-refractivity contribution in [3.8, 4) is 0 Å². The van der Waals surface area contributed by atoms with Crippen molar-refractivity contribution in [2.75, 3.05) is 13.1 Å². The molecule has 2 bridgehead atoms. The van der Waals surface area contributed by atoms with Gasteiger partial charge in [0.2, 0.25) is 0 Å². The van der Waals surface area contributed by atoms with Gasteiger partial charge in [-0.25, -0.2) is 14.5 Å². The molecule has 2 aliphatic heterocycles. The Bertz CT molecular complexity index is 693. The Morgan fingerprint density at radius 2 is 1.92 bits per heavy atom. The van der Waals surface area contributed by atoms with E-state index >= 15 is 0 Å². The Morgan fingerprint density at radius 1 is 1.24 bits per heavy atom. The van der Waals surface area contributed by atoms with E-state index in [-0.39, 0.29) is 18.0 Å². The molecule has 0 radical (unpaired) electrons. The molecule has 0 aliphatic carbocycles. The molecule has 2 aliphatic rings. The van der Waals surface area contributed by atoms with Crippen LogP contribution in [-0.4, -0.2) is 74.7 Å². The van der Waals surface area contributed by atoms with Crippen LogP contribution in [0, 0.1) is 0 Å². The van der Waals surface area contributed by atoms with E-state index in [1.165, 1.54) is 17.9 Å². The molecular formula is C14H16N2O8S. The van der Waals surface area contributed by atoms with E-state index in [0.717, 1.165) is 11.3 Å². The van der Waals surface area contributed by atoms with Gasteiger partial charge in [0.05, 0.1) is 11.4 Å². The number of amides is 1. The predicted octanol–water partition coefficient (Wildman–Crippen LogP) is -1.88. The van der Waals surface area contributed by atoms with Crippen LogP contribution in [0.5, 0.6) is 0 Å². The number of rotatable bonds is 2. The Kier molecular flexibility index (Phi) is 4.51. The van der Waals surface area contributed by atoms with Gasteiger partial charge >= 0.3 is 17.8 Å². The summed E-state index contributed by atoms with van der Waals surface area (Å²) in [5.74, 6) is -3.67. The molecule has 10 nitrogen and oxygen atoms in total. The monoisotopic (exact) mass is 372 g/mol. The van der Waals surface area contributed by atoms with Crippen LogP contribution in [0.2, 0.25) is 0 Å². The molecule has 0 saturated carbocycles. The first-order chi connectivity index (χ1) is 11.8. The van der Waals surface area contributed by atoms with Crippen LogP contribution in [0.25, 0.3) is 0 Å². The molecule has 0 spiro atoms. The first kappa shape index (κ1) is 17.8. The van der Waals surface area contributed by atoms with Gasteiger partial charge in [-0.3, -0.25) is 4.79 Å². The second-order valence-electron chi connectivity index (χ2n) is 5.57. The topological polar surface area (TPSA) is 137 Å². The molecule has 3 rings (SSSR count). The number of thiophene rings is 1. The summed E-state index contributed by atoms with van der Waals surface area (Å²) in [6, 6.07) is 3.12. The van der Waals surface area contributed by atoms with Gasteiger partial charge in [-0.05, 0) is 18.4 Å². The number of nitrogens with zero attached hydrogens (tertiary/aromatic N) is 2. The molecular weight excluding hydrogens is 356 g/mol. The smallest absolute Gasteiger partial charge is 0.364 e. The number of hydrogen-bond acceptors (Lipinski definition) is 10. The first-order valence-corrected chi connectivity index (χ1v) is 8.28. The Morgan fingerprint density at radius 3 is 2.52 bits per heavy atom. The van der Waals surface area contributed by atoms with Crippen LogP contribution >= 0.6 is 11.3 Å². The fraction of sp³-hybridized carbons (Fsp3) is 0.500. The van der Waals surface area contributed by atoms with Crippen molar-refractivity contribution in [3.05, 3.63) is 22.4 Å². The van der Waals surface area contributed by atoms with Crippen LogP contribution in [0.15, 0.2) is 17.5 Å². The molecule has 136 valence electrons. The van der Waals surface area contributed by atoms with E-state index in [4.69, 9.17) is 9.57 Å². The third-order valence-corrected chi connectivity index (χ3v) is 4.96. The lowest BCUT2D eigenvalue weighted by Crippen LogP contribution is -2.67. The molecule has 11 heteroatoms. The van der Waals surface area contributed by atoms with Gasteiger partial charge in [-0.15, -0.1) is 11.3 Å². The number of piperazine rings is 1. The summed E-state index contributed by atoms with van der Waals surface area (Å²) in [7, 11) is 0. The first-order valence-electron chi connectivity index (χ1n) is 7.40. The standard InChI is InChI=1S/C14H16N2O8S/c1-7(17)15-4-5-16-13(22)14(15,8-3-2-6-25-8)23-11(20)9(18)10(19)12(21)24-16/h2-3,6-7,9-10,17-19H,4-5H2,1H3. The molecule has 1 aromatic heterocycles. The van der Waals surface area contributed by atoms with Crippen molar-refractivity contribution in [2.45, 2.75) is 31.1 Å². The van der Waals surface area contributed by atoms with E-state index < -0.39 is 42.0 Å². The highest BCUT2D eigenvalue weighted by molar-refractivity contribution is 7.10. The zero-order valence-corrected chi connectivity index (χ0v) is 13.9. The van der Waals surface area contributed by atoms with Crippen LogP contribution in [0.4, 0.5) is 0 Å². The average Bonchev–Trinajstić information content (AvgIpc) is 3.10. The van der Waals surface area contributed by atoms with E-state index in [1.807, 2.05) is 0 Å². The number of ether oxygens (including phenoxy) is 1. The quantitative estimate of drug-likeness (QED) is 0.509. The number of aliphatic hydroxyl groups is 3. The number of carbonyl (C=O) groups excluding carboxylic acids is 3. The van der Waals surface area contributed by atoms with Crippen LogP contribution in [-0.2, 0) is 29.7 Å². The minimum atomic E-state index is -2.24. The van der Waals surface area contributed by atoms with Gasteiger partial charge in [-0.2, -0.15) is 5.06 Å². The van der Waals surface area contributed by atoms with E-state index in [9.17, 15) is 29.7 Å². The third-order valence-electron chi connectivity index (χ3n) is 4.00. The second kappa shape index (κ2) is 6.35. The lowest BCUT2D eigenvalue weighted by molar-refractivity contribution is -0.260. The average molecular weight is 372 g/mol. The summed E-state index contributed by atoms with van der Waals surface area (Å²) in [5.41, 5.74) is -2.12. The number of hydroxylamine groups is 2.